The Morgan fingerprint density at radius 1 is 1.45 bits per heavy atom. The largest absolute Gasteiger partial charge is 0.374 e. The van der Waals surface area contributed by atoms with Crippen LogP contribution in [0.1, 0.15) is 37.3 Å². The molecule has 1 N–H and O–H groups in total. The number of nitrogens with zero attached hydrogens (tertiary/aromatic N) is 3. The molecule has 3 unspecified atom stereocenters. The van der Waals surface area contributed by atoms with Crippen LogP contribution in [0.2, 0.25) is 0 Å². The van der Waals surface area contributed by atoms with Crippen LogP contribution in [0.3, 0.4) is 0 Å². The van der Waals surface area contributed by atoms with Crippen molar-refractivity contribution in [2.75, 3.05) is 20.2 Å². The van der Waals surface area contributed by atoms with Gasteiger partial charge in [-0.2, -0.15) is 5.10 Å². The number of hydrogen-bond donors (Lipinski definition) is 1. The number of ether oxygens (including phenoxy) is 1. The molecule has 1 aromatic rings. The van der Waals surface area contributed by atoms with Gasteiger partial charge in [0.2, 0.25) is 5.91 Å². The molecule has 2 heterocycles. The van der Waals surface area contributed by atoms with E-state index in [0.29, 0.717) is 13.2 Å². The summed E-state index contributed by atoms with van der Waals surface area (Å²) in [6, 6.07) is -0.0769. The lowest BCUT2D eigenvalue weighted by Gasteiger charge is -2.44. The lowest BCUT2D eigenvalue weighted by atomic mass is 9.89. The standard InChI is InChI=1S/C15H24N4O2.ClH/c1-16-14(11-9-17-18(2)10-11)15(20)19-7-8-21-13-6-4-3-5-12(13)19;/h9-10,12-14,16H,3-8H2,1-2H3;1H. The van der Waals surface area contributed by atoms with Gasteiger partial charge in [0.15, 0.2) is 0 Å². The number of aryl methyl sites for hydroxylation is 1. The smallest absolute Gasteiger partial charge is 0.244 e. The summed E-state index contributed by atoms with van der Waals surface area (Å²) in [5.41, 5.74) is 0.920. The van der Waals surface area contributed by atoms with Crippen LogP contribution < -0.4 is 5.32 Å². The predicted molar refractivity (Wildman–Crippen MR) is 86.0 cm³/mol. The average Bonchev–Trinajstić information content (AvgIpc) is 2.93. The molecule has 22 heavy (non-hydrogen) atoms. The van der Waals surface area contributed by atoms with Crippen LogP contribution in [-0.2, 0) is 16.6 Å². The molecule has 0 aromatic carbocycles. The van der Waals surface area contributed by atoms with Crippen LogP contribution in [0.5, 0.6) is 0 Å². The Hall–Kier alpha value is -1.11. The van der Waals surface area contributed by atoms with Gasteiger partial charge in [0.25, 0.3) is 0 Å². The lowest BCUT2D eigenvalue weighted by Crippen LogP contribution is -2.56. The van der Waals surface area contributed by atoms with Crippen LogP contribution in [0.15, 0.2) is 12.4 Å². The Kier molecular flexibility index (Phi) is 5.83. The van der Waals surface area contributed by atoms with Crippen molar-refractivity contribution in [2.24, 2.45) is 7.05 Å². The number of rotatable bonds is 3. The summed E-state index contributed by atoms with van der Waals surface area (Å²) >= 11 is 0. The van der Waals surface area contributed by atoms with Crippen LogP contribution in [0.4, 0.5) is 0 Å². The van der Waals surface area contributed by atoms with Gasteiger partial charge in [0, 0.05) is 25.4 Å². The van der Waals surface area contributed by atoms with Crippen molar-refractivity contribution in [3.8, 4) is 0 Å². The zero-order chi connectivity index (χ0) is 14.8. The Balaban J connectivity index is 0.00000176. The van der Waals surface area contributed by atoms with E-state index in [2.05, 4.69) is 10.4 Å². The number of nitrogens with one attached hydrogen (secondary N) is 1. The maximum atomic E-state index is 13.0. The Labute approximate surface area is 137 Å². The number of carbonyl (C=O) groups is 1. The molecule has 0 radical (unpaired) electrons. The molecule has 0 spiro atoms. The van der Waals surface area contributed by atoms with E-state index >= 15 is 0 Å². The van der Waals surface area contributed by atoms with Crippen molar-refractivity contribution in [2.45, 2.75) is 43.9 Å². The zero-order valence-electron chi connectivity index (χ0n) is 13.2. The van der Waals surface area contributed by atoms with Gasteiger partial charge in [0.05, 0.1) is 24.9 Å². The first-order valence-electron chi connectivity index (χ1n) is 7.78. The number of amides is 1. The van der Waals surface area contributed by atoms with Gasteiger partial charge in [-0.15, -0.1) is 12.4 Å². The van der Waals surface area contributed by atoms with Gasteiger partial charge >= 0.3 is 0 Å². The molecule has 7 heteroatoms. The second kappa shape index (κ2) is 7.44. The summed E-state index contributed by atoms with van der Waals surface area (Å²) < 4.78 is 7.59. The van der Waals surface area contributed by atoms with Gasteiger partial charge in [-0.25, -0.2) is 0 Å². The molecular formula is C15H25ClN4O2. The third-order valence-corrected chi connectivity index (χ3v) is 4.61. The van der Waals surface area contributed by atoms with Crippen LogP contribution in [0, 0.1) is 0 Å². The van der Waals surface area contributed by atoms with E-state index in [1.165, 1.54) is 12.8 Å². The minimum Gasteiger partial charge on any atom is -0.374 e. The fourth-order valence-electron chi connectivity index (χ4n) is 3.56. The van der Waals surface area contributed by atoms with Crippen molar-refractivity contribution >= 4 is 18.3 Å². The highest BCUT2D eigenvalue weighted by atomic mass is 35.5. The van der Waals surface area contributed by atoms with Crippen LogP contribution in [0.25, 0.3) is 0 Å². The quantitative estimate of drug-likeness (QED) is 0.908. The predicted octanol–water partition coefficient (Wildman–Crippen LogP) is 1.27. The fourth-order valence-corrected chi connectivity index (χ4v) is 3.56. The van der Waals surface area contributed by atoms with Gasteiger partial charge < -0.3 is 15.0 Å². The van der Waals surface area contributed by atoms with Gasteiger partial charge in [-0.1, -0.05) is 12.8 Å². The number of likely N-dealkylation sites (N-methyl/N-ethyl adjacent to an activating group) is 1. The van der Waals surface area contributed by atoms with Crippen molar-refractivity contribution in [1.82, 2.24) is 20.0 Å². The van der Waals surface area contributed by atoms with Gasteiger partial charge in [0.1, 0.15) is 6.04 Å². The maximum absolute atomic E-state index is 13.0. The molecule has 1 aromatic heterocycles. The molecule has 3 atom stereocenters. The Morgan fingerprint density at radius 3 is 2.91 bits per heavy atom. The summed E-state index contributed by atoms with van der Waals surface area (Å²) in [5, 5.41) is 7.31. The average molecular weight is 329 g/mol. The summed E-state index contributed by atoms with van der Waals surface area (Å²) in [5.74, 6) is 0.144. The molecule has 1 aliphatic carbocycles. The van der Waals surface area contributed by atoms with E-state index in [0.717, 1.165) is 18.4 Å². The van der Waals surface area contributed by atoms with Crippen molar-refractivity contribution in [3.05, 3.63) is 18.0 Å². The normalized spacial score (nSPS) is 26.0. The topological polar surface area (TPSA) is 59.4 Å². The molecule has 1 saturated carbocycles. The number of fused-ring (bicyclic) bond motifs is 1. The fraction of sp³-hybridized carbons (Fsp3) is 0.733. The Bertz CT molecular complexity index is 505. The van der Waals surface area contributed by atoms with Crippen LogP contribution in [-0.4, -0.2) is 52.9 Å². The van der Waals surface area contributed by atoms with Crippen molar-refractivity contribution in [3.63, 3.8) is 0 Å². The molecular weight excluding hydrogens is 304 g/mol. The second-order valence-electron chi connectivity index (χ2n) is 5.96. The summed E-state index contributed by atoms with van der Waals surface area (Å²) in [6.45, 7) is 1.34. The number of hydrogen-bond acceptors (Lipinski definition) is 4. The number of aromatic nitrogens is 2. The molecule has 3 rings (SSSR count). The highest BCUT2D eigenvalue weighted by Crippen LogP contribution is 2.30. The third-order valence-electron chi connectivity index (χ3n) is 4.61. The molecule has 6 nitrogen and oxygen atoms in total. The minimum absolute atomic E-state index is 0. The summed E-state index contributed by atoms with van der Waals surface area (Å²) in [4.78, 5) is 15.0. The maximum Gasteiger partial charge on any atom is 0.244 e. The minimum atomic E-state index is -0.320. The van der Waals surface area contributed by atoms with E-state index in [1.807, 2.05) is 25.2 Å². The first-order valence-corrected chi connectivity index (χ1v) is 7.78. The van der Waals surface area contributed by atoms with E-state index in [1.54, 1.807) is 10.9 Å². The van der Waals surface area contributed by atoms with E-state index in [9.17, 15) is 4.79 Å². The summed E-state index contributed by atoms with van der Waals surface area (Å²) in [7, 11) is 3.70. The van der Waals surface area contributed by atoms with Crippen molar-refractivity contribution in [1.29, 1.82) is 0 Å². The van der Waals surface area contributed by atoms with Gasteiger partial charge in [-0.3, -0.25) is 9.48 Å². The molecule has 2 aliphatic rings. The molecule has 0 bridgehead atoms. The highest BCUT2D eigenvalue weighted by Gasteiger charge is 2.39. The SMILES string of the molecule is CNC(C(=O)N1CCOC2CCCCC21)c1cnn(C)c1.Cl. The van der Waals surface area contributed by atoms with E-state index < -0.39 is 0 Å². The van der Waals surface area contributed by atoms with E-state index in [4.69, 9.17) is 4.74 Å². The monoisotopic (exact) mass is 328 g/mol. The molecule has 2 fully saturated rings. The molecule has 1 saturated heterocycles. The lowest BCUT2D eigenvalue weighted by molar-refractivity contribution is -0.151. The zero-order valence-corrected chi connectivity index (χ0v) is 14.0. The number of morpholine rings is 1. The number of halogens is 1. The van der Waals surface area contributed by atoms with Gasteiger partial charge in [-0.05, 0) is 19.9 Å². The molecule has 1 amide bonds. The first-order chi connectivity index (χ1) is 10.2. The molecule has 124 valence electrons. The third kappa shape index (κ3) is 3.29. The second-order valence-corrected chi connectivity index (χ2v) is 5.96. The number of carbonyl (C=O) groups excluding carboxylic acids is 1. The first kappa shape index (κ1) is 17.2. The van der Waals surface area contributed by atoms with Crippen molar-refractivity contribution < 1.29 is 9.53 Å². The van der Waals surface area contributed by atoms with Crippen LogP contribution >= 0.6 is 12.4 Å². The van der Waals surface area contributed by atoms with E-state index in [-0.39, 0.29) is 36.5 Å². The molecule has 1 aliphatic heterocycles. The highest BCUT2D eigenvalue weighted by molar-refractivity contribution is 5.85. The Morgan fingerprint density at radius 2 is 2.23 bits per heavy atom. The summed E-state index contributed by atoms with van der Waals surface area (Å²) in [6.07, 6.45) is 8.41.